The molecule has 1 saturated heterocycles. The summed E-state index contributed by atoms with van der Waals surface area (Å²) >= 11 is 1.53. The largest absolute Gasteiger partial charge is 0.375 e. The molecule has 18 heavy (non-hydrogen) atoms. The maximum atomic E-state index is 5.72. The molecule has 2 N–H and O–H groups in total. The molecule has 0 saturated carbocycles. The van der Waals surface area contributed by atoms with E-state index in [0.717, 1.165) is 18.8 Å². The van der Waals surface area contributed by atoms with Crippen LogP contribution < -0.4 is 5.73 Å². The Morgan fingerprint density at radius 2 is 2.22 bits per heavy atom. The number of anilines is 1. The summed E-state index contributed by atoms with van der Waals surface area (Å²) in [5, 5.41) is 2.76. The lowest BCUT2D eigenvalue weighted by Gasteiger charge is -2.22. The van der Waals surface area contributed by atoms with E-state index in [2.05, 4.69) is 32.4 Å². The number of hydrogen-bond acceptors (Lipinski definition) is 5. The molecule has 5 heteroatoms. The van der Waals surface area contributed by atoms with Crippen molar-refractivity contribution in [3.63, 3.8) is 0 Å². The predicted octanol–water partition coefficient (Wildman–Crippen LogP) is 2.46. The highest BCUT2D eigenvalue weighted by Crippen LogP contribution is 2.33. The molecule has 1 atom stereocenters. The van der Waals surface area contributed by atoms with Crippen molar-refractivity contribution in [3.8, 4) is 0 Å². The highest BCUT2D eigenvalue weighted by atomic mass is 32.1. The quantitative estimate of drug-likeness (QED) is 0.921. The molecule has 0 spiro atoms. The van der Waals surface area contributed by atoms with Gasteiger partial charge in [0.15, 0.2) is 5.13 Å². The Balaban J connectivity index is 1.75. The fourth-order valence-electron chi connectivity index (χ4n) is 2.53. The van der Waals surface area contributed by atoms with E-state index in [1.165, 1.54) is 29.7 Å². The lowest BCUT2D eigenvalue weighted by molar-refractivity contribution is 0.245. The first kappa shape index (κ1) is 11.6. The Hall–Kier alpha value is -1.46. The first-order chi connectivity index (χ1) is 8.83. The van der Waals surface area contributed by atoms with E-state index in [4.69, 9.17) is 5.73 Å². The third kappa shape index (κ3) is 2.37. The van der Waals surface area contributed by atoms with Crippen molar-refractivity contribution in [3.05, 3.63) is 41.2 Å². The SMILES string of the molecule is Nc1nc([C@@H]2CCCN2Cc2ccncc2)cs1. The average Bonchev–Trinajstić information content (AvgIpc) is 2.99. The molecule has 1 fully saturated rings. The van der Waals surface area contributed by atoms with Gasteiger partial charge in [-0.1, -0.05) is 0 Å². The van der Waals surface area contributed by atoms with Crippen molar-refractivity contribution in [1.82, 2.24) is 14.9 Å². The van der Waals surface area contributed by atoms with Crippen LogP contribution in [0.5, 0.6) is 0 Å². The normalized spacial score (nSPS) is 20.3. The molecule has 3 rings (SSSR count). The van der Waals surface area contributed by atoms with Crippen molar-refractivity contribution >= 4 is 16.5 Å². The van der Waals surface area contributed by atoms with Gasteiger partial charge < -0.3 is 5.73 Å². The minimum absolute atomic E-state index is 0.423. The van der Waals surface area contributed by atoms with Crippen LogP contribution in [0, 0.1) is 0 Å². The van der Waals surface area contributed by atoms with Crippen LogP contribution in [0.3, 0.4) is 0 Å². The summed E-state index contributed by atoms with van der Waals surface area (Å²) in [5.41, 5.74) is 8.16. The van der Waals surface area contributed by atoms with Crippen LogP contribution in [0.4, 0.5) is 5.13 Å². The van der Waals surface area contributed by atoms with Crippen LogP contribution in [-0.4, -0.2) is 21.4 Å². The van der Waals surface area contributed by atoms with Gasteiger partial charge in [-0.05, 0) is 37.1 Å². The number of nitrogens with two attached hydrogens (primary N) is 1. The number of rotatable bonds is 3. The zero-order chi connectivity index (χ0) is 12.4. The van der Waals surface area contributed by atoms with Gasteiger partial charge in [0.25, 0.3) is 0 Å². The van der Waals surface area contributed by atoms with Gasteiger partial charge >= 0.3 is 0 Å². The Morgan fingerprint density at radius 1 is 1.39 bits per heavy atom. The molecular weight excluding hydrogens is 244 g/mol. The second-order valence-corrected chi connectivity index (χ2v) is 5.48. The predicted molar refractivity (Wildman–Crippen MR) is 73.1 cm³/mol. The summed E-state index contributed by atoms with van der Waals surface area (Å²) in [6, 6.07) is 4.57. The lowest BCUT2D eigenvalue weighted by atomic mass is 10.1. The summed E-state index contributed by atoms with van der Waals surface area (Å²) < 4.78 is 0. The smallest absolute Gasteiger partial charge is 0.180 e. The van der Waals surface area contributed by atoms with Crippen LogP contribution in [0.25, 0.3) is 0 Å². The van der Waals surface area contributed by atoms with Crippen molar-refractivity contribution in [1.29, 1.82) is 0 Å². The van der Waals surface area contributed by atoms with Gasteiger partial charge in [0.05, 0.1) is 11.7 Å². The van der Waals surface area contributed by atoms with Gasteiger partial charge in [-0.3, -0.25) is 9.88 Å². The third-order valence-electron chi connectivity index (χ3n) is 3.38. The summed E-state index contributed by atoms with van der Waals surface area (Å²) in [6.45, 7) is 2.09. The average molecular weight is 260 g/mol. The van der Waals surface area contributed by atoms with Crippen molar-refractivity contribution in [2.45, 2.75) is 25.4 Å². The number of nitrogen functional groups attached to an aromatic ring is 1. The second-order valence-electron chi connectivity index (χ2n) is 4.59. The van der Waals surface area contributed by atoms with Crippen LogP contribution in [0.2, 0.25) is 0 Å². The van der Waals surface area contributed by atoms with Gasteiger partial charge in [-0.25, -0.2) is 4.98 Å². The molecule has 2 aromatic heterocycles. The molecule has 94 valence electrons. The van der Waals surface area contributed by atoms with E-state index in [1.54, 1.807) is 0 Å². The van der Waals surface area contributed by atoms with Gasteiger partial charge in [-0.15, -0.1) is 11.3 Å². The Kier molecular flexibility index (Phi) is 3.25. The number of aromatic nitrogens is 2. The van der Waals surface area contributed by atoms with Crippen LogP contribution in [0.1, 0.15) is 30.1 Å². The molecule has 0 aliphatic carbocycles. The monoisotopic (exact) mass is 260 g/mol. The molecule has 1 aliphatic heterocycles. The standard InChI is InChI=1S/C13H16N4S/c14-13-16-11(9-18-13)12-2-1-7-17(12)8-10-3-5-15-6-4-10/h3-6,9,12H,1-2,7-8H2,(H2,14,16)/t12-/m0/s1. The minimum atomic E-state index is 0.423. The number of hydrogen-bond donors (Lipinski definition) is 1. The molecule has 0 radical (unpaired) electrons. The molecule has 0 unspecified atom stereocenters. The summed E-state index contributed by atoms with van der Waals surface area (Å²) in [6.07, 6.45) is 6.10. The van der Waals surface area contributed by atoms with Crippen molar-refractivity contribution < 1.29 is 0 Å². The summed E-state index contributed by atoms with van der Waals surface area (Å²) in [4.78, 5) is 11.0. The third-order valence-corrected chi connectivity index (χ3v) is 4.07. The van der Waals surface area contributed by atoms with Crippen molar-refractivity contribution in [2.24, 2.45) is 0 Å². The Labute approximate surface area is 110 Å². The van der Waals surface area contributed by atoms with Crippen LogP contribution in [0.15, 0.2) is 29.9 Å². The van der Waals surface area contributed by atoms with Crippen LogP contribution in [-0.2, 0) is 6.54 Å². The molecular formula is C13H16N4S. The maximum Gasteiger partial charge on any atom is 0.180 e. The second kappa shape index (κ2) is 5.04. The van der Waals surface area contributed by atoms with Crippen molar-refractivity contribution in [2.75, 3.05) is 12.3 Å². The molecule has 2 aromatic rings. The number of likely N-dealkylation sites (tertiary alicyclic amines) is 1. The number of nitrogens with zero attached hydrogens (tertiary/aromatic N) is 3. The number of pyridine rings is 1. The van der Waals surface area contributed by atoms with E-state index < -0.39 is 0 Å². The summed E-state index contributed by atoms with van der Waals surface area (Å²) in [7, 11) is 0. The molecule has 0 amide bonds. The first-order valence-electron chi connectivity index (χ1n) is 6.17. The fourth-order valence-corrected chi connectivity index (χ4v) is 3.14. The maximum absolute atomic E-state index is 5.72. The van der Waals surface area contributed by atoms with Crippen LogP contribution >= 0.6 is 11.3 Å². The number of thiazole rings is 1. The zero-order valence-electron chi connectivity index (χ0n) is 10.1. The van der Waals surface area contributed by atoms with Gasteiger partial charge in [0, 0.05) is 24.3 Å². The highest BCUT2D eigenvalue weighted by Gasteiger charge is 2.27. The highest BCUT2D eigenvalue weighted by molar-refractivity contribution is 7.13. The van der Waals surface area contributed by atoms with Gasteiger partial charge in [0.2, 0.25) is 0 Å². The molecule has 1 aliphatic rings. The first-order valence-corrected chi connectivity index (χ1v) is 7.05. The Bertz CT molecular complexity index is 511. The Morgan fingerprint density at radius 3 is 2.94 bits per heavy atom. The summed E-state index contributed by atoms with van der Waals surface area (Å²) in [5.74, 6) is 0. The minimum Gasteiger partial charge on any atom is -0.375 e. The molecule has 0 aromatic carbocycles. The van der Waals surface area contributed by atoms with E-state index in [1.807, 2.05) is 12.4 Å². The molecule has 0 bridgehead atoms. The van der Waals surface area contributed by atoms with Gasteiger partial charge in [0.1, 0.15) is 0 Å². The zero-order valence-corrected chi connectivity index (χ0v) is 10.9. The fraction of sp³-hybridized carbons (Fsp3) is 0.385. The van der Waals surface area contributed by atoms with E-state index in [9.17, 15) is 0 Å². The van der Waals surface area contributed by atoms with E-state index in [0.29, 0.717) is 11.2 Å². The topological polar surface area (TPSA) is 55.0 Å². The molecule has 3 heterocycles. The van der Waals surface area contributed by atoms with E-state index >= 15 is 0 Å². The molecule has 4 nitrogen and oxygen atoms in total. The lowest BCUT2D eigenvalue weighted by Crippen LogP contribution is -2.23. The van der Waals surface area contributed by atoms with E-state index in [-0.39, 0.29) is 0 Å². The van der Waals surface area contributed by atoms with Gasteiger partial charge in [-0.2, -0.15) is 0 Å².